The van der Waals surface area contributed by atoms with Crippen LogP contribution in [0.4, 0.5) is 0 Å². The lowest BCUT2D eigenvalue weighted by Gasteiger charge is -2.19. The van der Waals surface area contributed by atoms with E-state index < -0.39 is 0 Å². The van der Waals surface area contributed by atoms with Crippen molar-refractivity contribution < 1.29 is 9.53 Å². The van der Waals surface area contributed by atoms with Crippen LogP contribution in [-0.2, 0) is 4.79 Å². The Morgan fingerprint density at radius 3 is 2.38 bits per heavy atom. The number of methoxy groups -OCH3 is 1. The number of nitrogens with one attached hydrogen (secondary N) is 1. The van der Waals surface area contributed by atoms with Gasteiger partial charge in [0, 0.05) is 10.6 Å². The third kappa shape index (κ3) is 5.51. The first-order chi connectivity index (χ1) is 16.5. The Bertz CT molecular complexity index is 1220. The van der Waals surface area contributed by atoms with Crippen molar-refractivity contribution in [1.82, 2.24) is 20.1 Å². The molecule has 0 aliphatic heterocycles. The maximum atomic E-state index is 13.0. The largest absolute Gasteiger partial charge is 0.497 e. The molecule has 0 saturated heterocycles. The molecule has 34 heavy (non-hydrogen) atoms. The number of thiophene rings is 1. The standard InChI is InChI=1S/C26H28N4O2S2/c1-17(2)19-7-9-20(10-8-19)25(23-6-5-15-33-23)27-24(31)16-34-26-29-28-18(3)30(26)21-11-13-22(32-4)14-12-21/h5-15,17,25H,16H2,1-4H3,(H,27,31). The number of thioether (sulfide) groups is 1. The number of hydrogen-bond acceptors (Lipinski definition) is 6. The molecule has 2 heterocycles. The SMILES string of the molecule is COc1ccc(-n2c(C)nnc2SCC(=O)NC(c2ccc(C(C)C)cc2)c2cccs2)cc1. The van der Waals surface area contributed by atoms with Crippen molar-refractivity contribution in [2.45, 2.75) is 37.9 Å². The first-order valence-electron chi connectivity index (χ1n) is 11.1. The van der Waals surface area contributed by atoms with Gasteiger partial charge < -0.3 is 10.1 Å². The quantitative estimate of drug-likeness (QED) is 0.301. The predicted octanol–water partition coefficient (Wildman–Crippen LogP) is 5.77. The topological polar surface area (TPSA) is 69.0 Å². The Labute approximate surface area is 208 Å². The average molecular weight is 493 g/mol. The molecule has 2 aromatic carbocycles. The van der Waals surface area contributed by atoms with Gasteiger partial charge in [0.15, 0.2) is 5.16 Å². The first-order valence-corrected chi connectivity index (χ1v) is 12.9. The zero-order chi connectivity index (χ0) is 24.1. The summed E-state index contributed by atoms with van der Waals surface area (Å²) in [7, 11) is 1.64. The van der Waals surface area contributed by atoms with Crippen LogP contribution in [0.15, 0.2) is 71.2 Å². The number of ether oxygens (including phenoxy) is 1. The normalized spacial score (nSPS) is 12.0. The lowest BCUT2D eigenvalue weighted by Crippen LogP contribution is -2.30. The molecule has 1 N–H and O–H groups in total. The molecule has 1 atom stereocenters. The van der Waals surface area contributed by atoms with E-state index in [1.165, 1.54) is 17.3 Å². The number of hydrogen-bond donors (Lipinski definition) is 1. The van der Waals surface area contributed by atoms with Crippen LogP contribution in [0.25, 0.3) is 5.69 Å². The van der Waals surface area contributed by atoms with E-state index in [2.05, 4.69) is 59.7 Å². The molecule has 1 amide bonds. The first kappa shape index (κ1) is 24.0. The van der Waals surface area contributed by atoms with Gasteiger partial charge in [-0.15, -0.1) is 21.5 Å². The Balaban J connectivity index is 1.48. The van der Waals surface area contributed by atoms with Crippen molar-refractivity contribution in [2.75, 3.05) is 12.9 Å². The Morgan fingerprint density at radius 1 is 1.06 bits per heavy atom. The van der Waals surface area contributed by atoms with Crippen LogP contribution in [0.3, 0.4) is 0 Å². The molecule has 0 saturated carbocycles. The van der Waals surface area contributed by atoms with Crippen molar-refractivity contribution in [2.24, 2.45) is 0 Å². The number of benzene rings is 2. The highest BCUT2D eigenvalue weighted by atomic mass is 32.2. The van der Waals surface area contributed by atoms with E-state index in [-0.39, 0.29) is 17.7 Å². The van der Waals surface area contributed by atoms with Gasteiger partial charge >= 0.3 is 0 Å². The van der Waals surface area contributed by atoms with Crippen molar-refractivity contribution in [3.8, 4) is 11.4 Å². The van der Waals surface area contributed by atoms with Gasteiger partial charge in [0.1, 0.15) is 11.6 Å². The van der Waals surface area contributed by atoms with Crippen LogP contribution in [0.2, 0.25) is 0 Å². The van der Waals surface area contributed by atoms with Crippen molar-refractivity contribution in [3.63, 3.8) is 0 Å². The summed E-state index contributed by atoms with van der Waals surface area (Å²) in [5, 5.41) is 14.4. The molecule has 1 unspecified atom stereocenters. The Hall–Kier alpha value is -3.10. The molecule has 4 rings (SSSR count). The molecular formula is C26H28N4O2S2. The van der Waals surface area contributed by atoms with Gasteiger partial charge in [-0.05, 0) is 59.7 Å². The van der Waals surface area contributed by atoms with Crippen LogP contribution < -0.4 is 10.1 Å². The van der Waals surface area contributed by atoms with Gasteiger partial charge in [0.2, 0.25) is 5.91 Å². The summed E-state index contributed by atoms with van der Waals surface area (Å²) in [6, 6.07) is 20.1. The summed E-state index contributed by atoms with van der Waals surface area (Å²) in [4.78, 5) is 14.1. The zero-order valence-corrected chi connectivity index (χ0v) is 21.3. The van der Waals surface area contributed by atoms with Crippen molar-refractivity contribution >= 4 is 29.0 Å². The summed E-state index contributed by atoms with van der Waals surface area (Å²) in [5.74, 6) is 2.18. The molecule has 0 aliphatic rings. The summed E-state index contributed by atoms with van der Waals surface area (Å²) >= 11 is 3.01. The fourth-order valence-corrected chi connectivity index (χ4v) is 5.26. The number of rotatable bonds is 9. The fraction of sp³-hybridized carbons (Fsp3) is 0.269. The minimum Gasteiger partial charge on any atom is -0.497 e. The highest BCUT2D eigenvalue weighted by molar-refractivity contribution is 7.99. The number of aryl methyl sites for hydroxylation is 1. The van der Waals surface area contributed by atoms with Crippen LogP contribution in [0.5, 0.6) is 5.75 Å². The van der Waals surface area contributed by atoms with Gasteiger partial charge in [0.25, 0.3) is 0 Å². The Kier molecular flexibility index (Phi) is 7.70. The lowest BCUT2D eigenvalue weighted by atomic mass is 9.98. The monoisotopic (exact) mass is 492 g/mol. The summed E-state index contributed by atoms with van der Waals surface area (Å²) in [5.41, 5.74) is 3.28. The number of amides is 1. The second-order valence-corrected chi connectivity index (χ2v) is 10.1. The maximum absolute atomic E-state index is 13.0. The van der Waals surface area contributed by atoms with E-state index in [9.17, 15) is 4.79 Å². The minimum absolute atomic E-state index is 0.0572. The second-order valence-electron chi connectivity index (χ2n) is 8.19. The van der Waals surface area contributed by atoms with Crippen molar-refractivity contribution in [3.05, 3.63) is 87.9 Å². The van der Waals surface area contributed by atoms with Crippen LogP contribution in [-0.4, -0.2) is 33.5 Å². The highest BCUT2D eigenvalue weighted by Crippen LogP contribution is 2.28. The minimum atomic E-state index is -0.185. The predicted molar refractivity (Wildman–Crippen MR) is 138 cm³/mol. The second kappa shape index (κ2) is 10.9. The molecule has 176 valence electrons. The fourth-order valence-electron chi connectivity index (χ4n) is 3.65. The maximum Gasteiger partial charge on any atom is 0.231 e. The van der Waals surface area contributed by atoms with Gasteiger partial charge in [-0.25, -0.2) is 0 Å². The molecule has 4 aromatic rings. The zero-order valence-electron chi connectivity index (χ0n) is 19.7. The van der Waals surface area contributed by atoms with Gasteiger partial charge in [-0.3, -0.25) is 9.36 Å². The number of carbonyl (C=O) groups is 1. The molecule has 0 radical (unpaired) electrons. The van der Waals surface area contributed by atoms with Gasteiger partial charge in [0.05, 0.1) is 18.9 Å². The van der Waals surface area contributed by atoms with E-state index in [0.717, 1.165) is 27.7 Å². The van der Waals surface area contributed by atoms with Crippen LogP contribution in [0.1, 0.15) is 47.6 Å². The molecular weight excluding hydrogens is 464 g/mol. The molecule has 2 aromatic heterocycles. The Morgan fingerprint density at radius 2 is 1.76 bits per heavy atom. The molecule has 0 aliphatic carbocycles. The third-order valence-corrected chi connectivity index (χ3v) is 7.39. The number of aromatic nitrogens is 3. The van der Waals surface area contributed by atoms with E-state index in [1.54, 1.807) is 18.4 Å². The van der Waals surface area contributed by atoms with Crippen molar-refractivity contribution in [1.29, 1.82) is 0 Å². The highest BCUT2D eigenvalue weighted by Gasteiger charge is 2.20. The van der Waals surface area contributed by atoms with E-state index in [4.69, 9.17) is 4.74 Å². The average Bonchev–Trinajstić information content (AvgIpc) is 3.51. The molecule has 0 bridgehead atoms. The molecule has 0 fully saturated rings. The summed E-state index contributed by atoms with van der Waals surface area (Å²) in [6.07, 6.45) is 0. The van der Waals surface area contributed by atoms with E-state index in [1.807, 2.05) is 47.2 Å². The molecule has 0 spiro atoms. The third-order valence-electron chi connectivity index (χ3n) is 5.53. The van der Waals surface area contributed by atoms with E-state index >= 15 is 0 Å². The molecule has 8 heteroatoms. The van der Waals surface area contributed by atoms with Crippen LogP contribution >= 0.6 is 23.1 Å². The molecule has 6 nitrogen and oxygen atoms in total. The van der Waals surface area contributed by atoms with Crippen LogP contribution in [0, 0.1) is 6.92 Å². The summed E-state index contributed by atoms with van der Waals surface area (Å²) < 4.78 is 7.19. The van der Waals surface area contributed by atoms with Gasteiger partial charge in [-0.2, -0.15) is 0 Å². The smallest absolute Gasteiger partial charge is 0.231 e. The summed E-state index contributed by atoms with van der Waals surface area (Å²) in [6.45, 7) is 6.25. The number of nitrogens with zero attached hydrogens (tertiary/aromatic N) is 3. The number of carbonyl (C=O) groups excluding carboxylic acids is 1. The van der Waals surface area contributed by atoms with Gasteiger partial charge in [-0.1, -0.05) is 55.9 Å². The lowest BCUT2D eigenvalue weighted by molar-refractivity contribution is -0.119. The van der Waals surface area contributed by atoms with E-state index in [0.29, 0.717) is 11.1 Å².